The second kappa shape index (κ2) is 8.17. The first kappa shape index (κ1) is 19.0. The van der Waals surface area contributed by atoms with Crippen LogP contribution in [0.5, 0.6) is 0 Å². The van der Waals surface area contributed by atoms with Gasteiger partial charge in [-0.15, -0.1) is 12.4 Å². The van der Waals surface area contributed by atoms with Crippen molar-refractivity contribution in [1.29, 1.82) is 0 Å². The highest BCUT2D eigenvalue weighted by Crippen LogP contribution is 2.53. The summed E-state index contributed by atoms with van der Waals surface area (Å²) in [6.45, 7) is 6.02. The van der Waals surface area contributed by atoms with E-state index in [-0.39, 0.29) is 23.7 Å². The third kappa shape index (κ3) is 3.85. The lowest BCUT2D eigenvalue weighted by Crippen LogP contribution is -2.66. The van der Waals surface area contributed by atoms with Crippen molar-refractivity contribution < 1.29 is 9.53 Å². The van der Waals surface area contributed by atoms with Crippen molar-refractivity contribution in [3.05, 3.63) is 0 Å². The summed E-state index contributed by atoms with van der Waals surface area (Å²) in [6.07, 6.45) is 9.71. The number of hydrogen-bond acceptors (Lipinski definition) is 3. The van der Waals surface area contributed by atoms with Gasteiger partial charge in [0, 0.05) is 30.0 Å². The van der Waals surface area contributed by atoms with Gasteiger partial charge < -0.3 is 15.4 Å². The molecule has 134 valence electrons. The zero-order valence-corrected chi connectivity index (χ0v) is 15.4. The van der Waals surface area contributed by atoms with Gasteiger partial charge in [-0.25, -0.2) is 0 Å². The number of hydrogen-bond donors (Lipinski definition) is 2. The number of halogens is 1. The van der Waals surface area contributed by atoms with E-state index in [4.69, 9.17) is 4.74 Å². The molecule has 3 aliphatic rings. The van der Waals surface area contributed by atoms with Gasteiger partial charge in [0.15, 0.2) is 0 Å². The Morgan fingerprint density at radius 1 is 1.26 bits per heavy atom. The second-order valence-corrected chi connectivity index (χ2v) is 7.61. The second-order valence-electron chi connectivity index (χ2n) is 7.61. The van der Waals surface area contributed by atoms with Crippen LogP contribution in [0.1, 0.15) is 65.2 Å². The summed E-state index contributed by atoms with van der Waals surface area (Å²) < 4.78 is 5.98. The van der Waals surface area contributed by atoms with Crippen LogP contribution in [0.3, 0.4) is 0 Å². The van der Waals surface area contributed by atoms with E-state index in [1.807, 2.05) is 0 Å². The molecule has 1 saturated heterocycles. The van der Waals surface area contributed by atoms with Crippen LogP contribution in [0, 0.1) is 11.3 Å². The fourth-order valence-electron chi connectivity index (χ4n) is 4.93. The van der Waals surface area contributed by atoms with E-state index in [1.165, 1.54) is 32.1 Å². The molecule has 2 N–H and O–H groups in total. The summed E-state index contributed by atoms with van der Waals surface area (Å²) >= 11 is 0. The van der Waals surface area contributed by atoms with Crippen LogP contribution in [-0.4, -0.2) is 37.2 Å². The highest BCUT2D eigenvalue weighted by molar-refractivity contribution is 5.85. The standard InChI is InChI=1S/C18H32N2O2.ClH/c1-3-22-16-12-15(18(16)8-5-4-6-9-18)20-17(21)14-7-10-19-13(2)11-14;/h13-16,19H,3-12H2,1-2H3,(H,20,21);1H/t13-,14-,15?,16?;/m0./s1. The fourth-order valence-corrected chi connectivity index (χ4v) is 4.93. The molecule has 1 aliphatic heterocycles. The maximum Gasteiger partial charge on any atom is 0.223 e. The number of ether oxygens (including phenoxy) is 1. The van der Waals surface area contributed by atoms with Crippen LogP contribution in [-0.2, 0) is 9.53 Å². The van der Waals surface area contributed by atoms with E-state index in [1.54, 1.807) is 0 Å². The zero-order valence-electron chi connectivity index (χ0n) is 14.6. The number of carbonyl (C=O) groups excluding carboxylic acids is 1. The van der Waals surface area contributed by atoms with Gasteiger partial charge >= 0.3 is 0 Å². The van der Waals surface area contributed by atoms with Crippen LogP contribution >= 0.6 is 12.4 Å². The Bertz CT molecular complexity index is 398. The Morgan fingerprint density at radius 2 is 2.00 bits per heavy atom. The lowest BCUT2D eigenvalue weighted by Gasteiger charge is -2.57. The molecule has 3 rings (SSSR count). The van der Waals surface area contributed by atoms with E-state index in [2.05, 4.69) is 24.5 Å². The summed E-state index contributed by atoms with van der Waals surface area (Å²) in [6, 6.07) is 0.813. The summed E-state index contributed by atoms with van der Waals surface area (Å²) in [5, 5.41) is 6.84. The average Bonchev–Trinajstić information content (AvgIpc) is 2.54. The number of piperidine rings is 1. The molecule has 3 fully saturated rings. The summed E-state index contributed by atoms with van der Waals surface area (Å²) in [5.41, 5.74) is 0.239. The number of amides is 1. The molecule has 0 bridgehead atoms. The highest BCUT2D eigenvalue weighted by Gasteiger charge is 2.56. The first-order valence-corrected chi connectivity index (χ1v) is 9.31. The third-order valence-corrected chi connectivity index (χ3v) is 6.25. The first-order valence-electron chi connectivity index (χ1n) is 9.31. The van der Waals surface area contributed by atoms with Crippen molar-refractivity contribution in [3.63, 3.8) is 0 Å². The van der Waals surface area contributed by atoms with Gasteiger partial charge in [-0.1, -0.05) is 19.3 Å². The Morgan fingerprint density at radius 3 is 2.65 bits per heavy atom. The predicted molar refractivity (Wildman–Crippen MR) is 94.9 cm³/mol. The molecule has 2 unspecified atom stereocenters. The van der Waals surface area contributed by atoms with E-state index in [9.17, 15) is 4.79 Å². The quantitative estimate of drug-likeness (QED) is 0.824. The molecular weight excluding hydrogens is 312 g/mol. The van der Waals surface area contributed by atoms with Gasteiger partial charge in [0.05, 0.1) is 6.10 Å². The van der Waals surface area contributed by atoms with Crippen molar-refractivity contribution >= 4 is 18.3 Å². The van der Waals surface area contributed by atoms with E-state index in [0.29, 0.717) is 24.1 Å². The molecule has 0 aromatic rings. The normalized spacial score (nSPS) is 35.9. The first-order chi connectivity index (χ1) is 10.7. The molecule has 1 heterocycles. The molecule has 0 aromatic carbocycles. The maximum atomic E-state index is 12.7. The molecule has 0 radical (unpaired) electrons. The van der Waals surface area contributed by atoms with Crippen molar-refractivity contribution in [2.24, 2.45) is 11.3 Å². The number of nitrogens with one attached hydrogen (secondary N) is 2. The van der Waals surface area contributed by atoms with Crippen LogP contribution in [0.4, 0.5) is 0 Å². The van der Waals surface area contributed by atoms with Gasteiger partial charge in [-0.2, -0.15) is 0 Å². The summed E-state index contributed by atoms with van der Waals surface area (Å²) in [4.78, 5) is 12.7. The minimum absolute atomic E-state index is 0. The maximum absolute atomic E-state index is 12.7. The Labute approximate surface area is 146 Å². The van der Waals surface area contributed by atoms with Gasteiger partial charge in [0.1, 0.15) is 0 Å². The van der Waals surface area contributed by atoms with Gasteiger partial charge in [0.2, 0.25) is 5.91 Å². The molecule has 5 heteroatoms. The predicted octanol–water partition coefficient (Wildman–Crippen LogP) is 3.04. The lowest BCUT2D eigenvalue weighted by molar-refractivity contribution is -0.159. The largest absolute Gasteiger partial charge is 0.378 e. The number of carbonyl (C=O) groups is 1. The minimum atomic E-state index is 0. The van der Waals surface area contributed by atoms with Crippen molar-refractivity contribution in [3.8, 4) is 0 Å². The molecule has 2 saturated carbocycles. The summed E-state index contributed by atoms with van der Waals surface area (Å²) in [5.74, 6) is 0.487. The van der Waals surface area contributed by atoms with Crippen LogP contribution < -0.4 is 10.6 Å². The van der Waals surface area contributed by atoms with Crippen molar-refractivity contribution in [2.45, 2.75) is 83.4 Å². The third-order valence-electron chi connectivity index (χ3n) is 6.25. The van der Waals surface area contributed by atoms with E-state index in [0.717, 1.165) is 32.4 Å². The Kier molecular flexibility index (Phi) is 6.76. The van der Waals surface area contributed by atoms with E-state index < -0.39 is 0 Å². The van der Waals surface area contributed by atoms with Crippen molar-refractivity contribution in [1.82, 2.24) is 10.6 Å². The van der Waals surface area contributed by atoms with E-state index >= 15 is 0 Å². The molecule has 1 spiro atoms. The van der Waals surface area contributed by atoms with Gasteiger partial charge in [-0.3, -0.25) is 4.79 Å². The molecule has 4 nitrogen and oxygen atoms in total. The highest BCUT2D eigenvalue weighted by atomic mass is 35.5. The lowest BCUT2D eigenvalue weighted by atomic mass is 9.55. The minimum Gasteiger partial charge on any atom is -0.378 e. The molecule has 1 amide bonds. The smallest absolute Gasteiger partial charge is 0.223 e. The molecule has 2 aliphatic carbocycles. The Balaban J connectivity index is 0.00000192. The van der Waals surface area contributed by atoms with Crippen LogP contribution in [0.15, 0.2) is 0 Å². The monoisotopic (exact) mass is 344 g/mol. The molecule has 0 aromatic heterocycles. The van der Waals surface area contributed by atoms with Crippen LogP contribution in [0.25, 0.3) is 0 Å². The fraction of sp³-hybridized carbons (Fsp3) is 0.944. The number of rotatable bonds is 4. The SMILES string of the molecule is CCOC1CC(NC(=O)[C@H]2CCN[C@@H](C)C2)C12CCCCC2.Cl. The molecule has 4 atom stereocenters. The summed E-state index contributed by atoms with van der Waals surface area (Å²) in [7, 11) is 0. The Hall–Kier alpha value is -0.320. The molecular formula is C18H33ClN2O2. The average molecular weight is 345 g/mol. The topological polar surface area (TPSA) is 50.4 Å². The zero-order chi connectivity index (χ0) is 15.6. The molecule has 23 heavy (non-hydrogen) atoms. The van der Waals surface area contributed by atoms with Crippen molar-refractivity contribution in [2.75, 3.05) is 13.2 Å². The van der Waals surface area contributed by atoms with Gasteiger partial charge in [-0.05, 0) is 52.5 Å². The van der Waals surface area contributed by atoms with Crippen LogP contribution in [0.2, 0.25) is 0 Å². The van der Waals surface area contributed by atoms with Gasteiger partial charge in [0.25, 0.3) is 0 Å².